The number of carbonyl (C=O) groups is 2. The van der Waals surface area contributed by atoms with Gasteiger partial charge in [0.1, 0.15) is 0 Å². The smallest absolute Gasteiger partial charge is 0.333 e. The first-order chi connectivity index (χ1) is 12.5. The standard InChI is InChI=1S/2C5H12O4.C4H6O5/c2*6-1-5(2-7,3-8)4-9;5-2(4(8)9)1-3(6)7/h2*6-9H,1-4H2;2,5H,1H2,(H,6,7)(H,8,9). The van der Waals surface area contributed by atoms with Gasteiger partial charge in [-0.05, 0) is 0 Å². The zero-order valence-electron chi connectivity index (χ0n) is 14.7. The van der Waals surface area contributed by atoms with Gasteiger partial charge in [0.05, 0.1) is 70.1 Å². The van der Waals surface area contributed by atoms with Crippen molar-refractivity contribution in [2.24, 2.45) is 10.8 Å². The van der Waals surface area contributed by atoms with Gasteiger partial charge in [-0.15, -0.1) is 0 Å². The Morgan fingerprint density at radius 3 is 0.852 bits per heavy atom. The summed E-state index contributed by atoms with van der Waals surface area (Å²) >= 11 is 0. The Morgan fingerprint density at radius 2 is 0.815 bits per heavy atom. The molecule has 0 amide bonds. The van der Waals surface area contributed by atoms with Crippen LogP contribution in [0.15, 0.2) is 0 Å². The molecule has 0 aliphatic heterocycles. The first-order valence-electron chi connectivity index (χ1n) is 7.52. The first-order valence-corrected chi connectivity index (χ1v) is 7.52. The van der Waals surface area contributed by atoms with Gasteiger partial charge in [0.15, 0.2) is 6.10 Å². The monoisotopic (exact) mass is 406 g/mol. The van der Waals surface area contributed by atoms with E-state index in [0.29, 0.717) is 0 Å². The van der Waals surface area contributed by atoms with E-state index in [-0.39, 0.29) is 0 Å². The minimum Gasteiger partial charge on any atom is -0.481 e. The van der Waals surface area contributed by atoms with Crippen LogP contribution in [0.5, 0.6) is 0 Å². The number of hydrogen-bond donors (Lipinski definition) is 11. The molecule has 13 nitrogen and oxygen atoms in total. The number of aliphatic hydroxyl groups excluding tert-OH is 9. The van der Waals surface area contributed by atoms with E-state index in [4.69, 9.17) is 56.2 Å². The van der Waals surface area contributed by atoms with Crippen molar-refractivity contribution < 1.29 is 65.8 Å². The minimum atomic E-state index is -1.79. The molecule has 11 N–H and O–H groups in total. The molecule has 0 rings (SSSR count). The molecule has 0 aromatic carbocycles. The number of aliphatic hydroxyl groups is 9. The highest BCUT2D eigenvalue weighted by molar-refractivity contribution is 5.79. The van der Waals surface area contributed by atoms with E-state index in [0.717, 1.165) is 0 Å². The van der Waals surface area contributed by atoms with Crippen molar-refractivity contribution in [3.05, 3.63) is 0 Å². The third kappa shape index (κ3) is 13.4. The lowest BCUT2D eigenvalue weighted by Gasteiger charge is -2.23. The van der Waals surface area contributed by atoms with Gasteiger partial charge in [-0.25, -0.2) is 4.79 Å². The van der Waals surface area contributed by atoms with Gasteiger partial charge in [-0.1, -0.05) is 0 Å². The molecule has 0 saturated carbocycles. The summed E-state index contributed by atoms with van der Waals surface area (Å²) in [6.07, 6.45) is -2.54. The van der Waals surface area contributed by atoms with Crippen molar-refractivity contribution in [2.75, 3.05) is 52.9 Å². The highest BCUT2D eigenvalue weighted by Crippen LogP contribution is 2.12. The summed E-state index contributed by atoms with van der Waals surface area (Å²) in [5, 5.41) is 92.1. The van der Waals surface area contributed by atoms with Crippen molar-refractivity contribution in [1.29, 1.82) is 0 Å². The molecule has 0 aliphatic carbocycles. The van der Waals surface area contributed by atoms with E-state index in [1.165, 1.54) is 0 Å². The molecule has 13 heteroatoms. The van der Waals surface area contributed by atoms with Crippen LogP contribution in [-0.4, -0.2) is 127 Å². The predicted octanol–water partition coefficient (Wildman–Crippen LogP) is -5.21. The normalized spacial score (nSPS) is 12.2. The summed E-state index contributed by atoms with van der Waals surface area (Å²) in [6, 6.07) is 0. The number of aliphatic carboxylic acids is 2. The largest absolute Gasteiger partial charge is 0.481 e. The lowest BCUT2D eigenvalue weighted by Crippen LogP contribution is -2.37. The zero-order chi connectivity index (χ0) is 22.1. The molecule has 1 unspecified atom stereocenters. The predicted molar refractivity (Wildman–Crippen MR) is 87.4 cm³/mol. The average Bonchev–Trinajstić information content (AvgIpc) is 2.67. The first kappa shape index (κ1) is 30.3. The van der Waals surface area contributed by atoms with E-state index in [1.807, 2.05) is 0 Å². The summed E-state index contributed by atoms with van der Waals surface area (Å²) in [7, 11) is 0. The summed E-state index contributed by atoms with van der Waals surface area (Å²) in [4.78, 5) is 19.4. The molecule has 0 aromatic heterocycles. The van der Waals surface area contributed by atoms with E-state index in [1.54, 1.807) is 0 Å². The third-order valence-electron chi connectivity index (χ3n) is 3.34. The SMILES string of the molecule is O=C(O)CC(O)C(=O)O.OCC(CO)(CO)CO.OCC(CO)(CO)CO. The minimum absolute atomic E-state index is 0.406. The summed E-state index contributed by atoms with van der Waals surface area (Å²) < 4.78 is 0. The van der Waals surface area contributed by atoms with Gasteiger partial charge in [-0.3, -0.25) is 4.79 Å². The summed E-state index contributed by atoms with van der Waals surface area (Å²) in [6.45, 7) is -3.25. The van der Waals surface area contributed by atoms with Crippen molar-refractivity contribution >= 4 is 11.9 Å². The van der Waals surface area contributed by atoms with Crippen LogP contribution in [0.1, 0.15) is 6.42 Å². The second kappa shape index (κ2) is 16.7. The summed E-state index contributed by atoms with van der Waals surface area (Å²) in [5.41, 5.74) is -2.22. The third-order valence-corrected chi connectivity index (χ3v) is 3.34. The molecule has 0 fully saturated rings. The van der Waals surface area contributed by atoms with Crippen molar-refractivity contribution in [3.8, 4) is 0 Å². The maximum Gasteiger partial charge on any atom is 0.333 e. The molecular formula is C14H30O13. The second-order valence-corrected chi connectivity index (χ2v) is 5.72. The maximum absolute atomic E-state index is 9.72. The van der Waals surface area contributed by atoms with Gasteiger partial charge < -0.3 is 56.2 Å². The van der Waals surface area contributed by atoms with Gasteiger partial charge >= 0.3 is 11.9 Å². The van der Waals surface area contributed by atoms with E-state index < -0.39 is 88.1 Å². The van der Waals surface area contributed by atoms with Gasteiger partial charge in [-0.2, -0.15) is 0 Å². The molecule has 0 aromatic rings. The number of carboxylic acid groups (broad SMARTS) is 2. The fourth-order valence-electron chi connectivity index (χ4n) is 0.853. The lowest BCUT2D eigenvalue weighted by atomic mass is 9.93. The van der Waals surface area contributed by atoms with E-state index in [2.05, 4.69) is 0 Å². The Balaban J connectivity index is -0.000000320. The summed E-state index contributed by atoms with van der Waals surface area (Å²) in [5.74, 6) is -2.85. The van der Waals surface area contributed by atoms with Gasteiger partial charge in [0.2, 0.25) is 0 Å². The molecule has 0 bridgehead atoms. The van der Waals surface area contributed by atoms with Crippen LogP contribution in [0.2, 0.25) is 0 Å². The molecule has 0 heterocycles. The Kier molecular flexibility index (Phi) is 18.8. The van der Waals surface area contributed by atoms with Crippen molar-refractivity contribution in [1.82, 2.24) is 0 Å². The van der Waals surface area contributed by atoms with Crippen LogP contribution in [-0.2, 0) is 9.59 Å². The van der Waals surface area contributed by atoms with Crippen LogP contribution in [0.25, 0.3) is 0 Å². The van der Waals surface area contributed by atoms with Crippen LogP contribution >= 0.6 is 0 Å². The number of hydrogen-bond acceptors (Lipinski definition) is 11. The van der Waals surface area contributed by atoms with Crippen LogP contribution in [0.3, 0.4) is 0 Å². The highest BCUT2D eigenvalue weighted by atomic mass is 16.4. The fraction of sp³-hybridized carbons (Fsp3) is 0.857. The Bertz CT molecular complexity index is 324. The molecule has 27 heavy (non-hydrogen) atoms. The van der Waals surface area contributed by atoms with Gasteiger partial charge in [0.25, 0.3) is 0 Å². The van der Waals surface area contributed by atoms with Crippen molar-refractivity contribution in [2.45, 2.75) is 12.5 Å². The van der Waals surface area contributed by atoms with Crippen molar-refractivity contribution in [3.63, 3.8) is 0 Å². The molecular weight excluding hydrogens is 376 g/mol. The topological polar surface area (TPSA) is 257 Å². The quantitative estimate of drug-likeness (QED) is 0.153. The average molecular weight is 406 g/mol. The Morgan fingerprint density at radius 1 is 0.593 bits per heavy atom. The molecule has 0 saturated heterocycles. The lowest BCUT2D eigenvalue weighted by molar-refractivity contribution is -0.152. The highest BCUT2D eigenvalue weighted by Gasteiger charge is 2.27. The molecule has 0 radical (unpaired) electrons. The molecule has 1 atom stereocenters. The Hall–Kier alpha value is -1.42. The number of rotatable bonds is 11. The maximum atomic E-state index is 9.72. The zero-order valence-corrected chi connectivity index (χ0v) is 14.7. The molecule has 0 spiro atoms. The van der Waals surface area contributed by atoms with Crippen LogP contribution in [0, 0.1) is 10.8 Å². The Labute approximate surface area is 155 Å². The van der Waals surface area contributed by atoms with Gasteiger partial charge in [0, 0.05) is 0 Å². The fourth-order valence-corrected chi connectivity index (χ4v) is 0.853. The molecule has 0 aliphatic rings. The van der Waals surface area contributed by atoms with E-state index >= 15 is 0 Å². The molecule has 164 valence electrons. The van der Waals surface area contributed by atoms with E-state index in [9.17, 15) is 9.59 Å². The van der Waals surface area contributed by atoms with Crippen LogP contribution < -0.4 is 0 Å². The number of carboxylic acids is 2. The second-order valence-electron chi connectivity index (χ2n) is 5.72. The van der Waals surface area contributed by atoms with Crippen LogP contribution in [0.4, 0.5) is 0 Å².